The molecule has 0 saturated heterocycles. The van der Waals surface area contributed by atoms with E-state index in [0.717, 1.165) is 0 Å². The smallest absolute Gasteiger partial charge is 0.254 e. The highest BCUT2D eigenvalue weighted by atomic mass is 35.5. The molecular weight excluding hydrogens is 250 g/mol. The maximum Gasteiger partial charge on any atom is 0.254 e. The van der Waals surface area contributed by atoms with E-state index in [2.05, 4.69) is 10.3 Å². The van der Waals surface area contributed by atoms with Crippen LogP contribution in [0.4, 0.5) is 5.69 Å². The highest BCUT2D eigenvalue weighted by Gasteiger charge is 2.24. The molecule has 1 fully saturated rings. The Morgan fingerprint density at radius 3 is 2.89 bits per heavy atom. The van der Waals surface area contributed by atoms with Crippen molar-refractivity contribution in [2.45, 2.75) is 38.6 Å². The van der Waals surface area contributed by atoms with E-state index < -0.39 is 0 Å². The Morgan fingerprint density at radius 2 is 2.22 bits per heavy atom. The molecular formula is C13H18ClN3O. The molecule has 0 radical (unpaired) electrons. The van der Waals surface area contributed by atoms with Gasteiger partial charge < -0.3 is 11.1 Å². The first-order valence-electron chi connectivity index (χ1n) is 6.30. The Hall–Kier alpha value is -1.29. The van der Waals surface area contributed by atoms with Gasteiger partial charge in [-0.2, -0.15) is 0 Å². The largest absolute Gasteiger partial charge is 0.397 e. The van der Waals surface area contributed by atoms with Crippen LogP contribution in [0.2, 0.25) is 5.15 Å². The summed E-state index contributed by atoms with van der Waals surface area (Å²) in [6.45, 7) is 2.04. The van der Waals surface area contributed by atoms with E-state index in [0.29, 0.717) is 17.2 Å². The lowest BCUT2D eigenvalue weighted by atomic mass is 9.99. The van der Waals surface area contributed by atoms with Crippen molar-refractivity contribution in [1.82, 2.24) is 10.3 Å². The summed E-state index contributed by atoms with van der Waals surface area (Å²) in [5.74, 6) is 0.376. The Morgan fingerprint density at radius 1 is 1.56 bits per heavy atom. The third kappa shape index (κ3) is 2.93. The van der Waals surface area contributed by atoms with Gasteiger partial charge in [0.25, 0.3) is 5.91 Å². The van der Waals surface area contributed by atoms with Gasteiger partial charge in [0.1, 0.15) is 5.15 Å². The Labute approximate surface area is 112 Å². The zero-order valence-corrected chi connectivity index (χ0v) is 11.2. The monoisotopic (exact) mass is 267 g/mol. The number of nitrogens with zero attached hydrogens (tertiary/aromatic N) is 1. The summed E-state index contributed by atoms with van der Waals surface area (Å²) in [5, 5.41) is 3.18. The van der Waals surface area contributed by atoms with Crippen molar-refractivity contribution >= 4 is 23.2 Å². The van der Waals surface area contributed by atoms with Crippen LogP contribution in [0.15, 0.2) is 12.3 Å². The maximum absolute atomic E-state index is 12.1. The lowest BCUT2D eigenvalue weighted by molar-refractivity contribution is 0.0927. The van der Waals surface area contributed by atoms with Crippen molar-refractivity contribution in [3.8, 4) is 0 Å². The molecule has 18 heavy (non-hydrogen) atoms. The molecule has 1 heterocycles. The predicted octanol–water partition coefficient (Wildman–Crippen LogP) is 2.63. The third-order valence-corrected chi connectivity index (χ3v) is 3.87. The quantitative estimate of drug-likeness (QED) is 0.828. The van der Waals surface area contributed by atoms with Gasteiger partial charge in [0.15, 0.2) is 0 Å². The molecule has 1 saturated carbocycles. The number of halogens is 1. The third-order valence-electron chi connectivity index (χ3n) is 3.57. The van der Waals surface area contributed by atoms with E-state index in [4.69, 9.17) is 17.3 Å². The molecule has 1 atom stereocenters. The maximum atomic E-state index is 12.1. The number of carbonyl (C=O) groups is 1. The Balaban J connectivity index is 2.04. The first-order valence-corrected chi connectivity index (χ1v) is 6.67. The molecule has 98 valence electrons. The number of amides is 1. The lowest BCUT2D eigenvalue weighted by Crippen LogP contribution is -2.37. The van der Waals surface area contributed by atoms with E-state index in [-0.39, 0.29) is 17.1 Å². The number of rotatable bonds is 3. The van der Waals surface area contributed by atoms with Crippen molar-refractivity contribution in [3.05, 3.63) is 23.0 Å². The summed E-state index contributed by atoms with van der Waals surface area (Å²) in [7, 11) is 0. The van der Waals surface area contributed by atoms with Crippen LogP contribution in [-0.4, -0.2) is 16.9 Å². The Kier molecular flexibility index (Phi) is 4.07. The highest BCUT2D eigenvalue weighted by Crippen LogP contribution is 2.27. The summed E-state index contributed by atoms with van der Waals surface area (Å²) < 4.78 is 0. The number of nitrogens with two attached hydrogens (primary N) is 1. The van der Waals surface area contributed by atoms with E-state index in [1.807, 2.05) is 6.92 Å². The average Bonchev–Trinajstić information content (AvgIpc) is 2.85. The Bertz CT molecular complexity index is 444. The van der Waals surface area contributed by atoms with Crippen LogP contribution >= 0.6 is 11.6 Å². The first kappa shape index (κ1) is 13.1. The standard InChI is InChI=1S/C13H18ClN3O/c1-8(9-4-2-3-5-9)17-13(18)11-6-10(15)7-16-12(11)14/h6-9H,2-5,15H2,1H3,(H,17,18). The molecule has 4 nitrogen and oxygen atoms in total. The van der Waals surface area contributed by atoms with Crippen LogP contribution < -0.4 is 11.1 Å². The normalized spacial score (nSPS) is 17.7. The summed E-state index contributed by atoms with van der Waals surface area (Å²) in [6, 6.07) is 1.73. The van der Waals surface area contributed by atoms with Crippen molar-refractivity contribution < 1.29 is 4.79 Å². The van der Waals surface area contributed by atoms with Crippen LogP contribution in [0.25, 0.3) is 0 Å². The molecule has 1 aromatic rings. The van der Waals surface area contributed by atoms with Crippen LogP contribution in [-0.2, 0) is 0 Å². The molecule has 0 bridgehead atoms. The zero-order chi connectivity index (χ0) is 13.1. The van der Waals surface area contributed by atoms with Crippen molar-refractivity contribution in [3.63, 3.8) is 0 Å². The molecule has 1 aliphatic carbocycles. The summed E-state index contributed by atoms with van der Waals surface area (Å²) >= 11 is 5.91. The van der Waals surface area contributed by atoms with Crippen molar-refractivity contribution in [2.75, 3.05) is 5.73 Å². The van der Waals surface area contributed by atoms with Gasteiger partial charge in [0.2, 0.25) is 0 Å². The molecule has 1 unspecified atom stereocenters. The second-order valence-electron chi connectivity index (χ2n) is 4.91. The number of aromatic nitrogens is 1. The lowest BCUT2D eigenvalue weighted by Gasteiger charge is -2.20. The van der Waals surface area contributed by atoms with Crippen molar-refractivity contribution in [2.24, 2.45) is 5.92 Å². The van der Waals surface area contributed by atoms with Crippen LogP contribution in [0, 0.1) is 5.92 Å². The minimum atomic E-state index is -0.195. The number of anilines is 1. The molecule has 1 aromatic heterocycles. The van der Waals surface area contributed by atoms with E-state index in [1.165, 1.54) is 31.9 Å². The summed E-state index contributed by atoms with van der Waals surface area (Å²) in [6.07, 6.45) is 6.32. The fourth-order valence-electron chi connectivity index (χ4n) is 2.48. The number of hydrogen-bond acceptors (Lipinski definition) is 3. The SMILES string of the molecule is CC(NC(=O)c1cc(N)cnc1Cl)C1CCCC1. The van der Waals surface area contributed by atoms with Gasteiger partial charge in [0.05, 0.1) is 17.4 Å². The second kappa shape index (κ2) is 5.57. The molecule has 0 spiro atoms. The first-order chi connectivity index (χ1) is 8.58. The van der Waals surface area contributed by atoms with Gasteiger partial charge in [-0.3, -0.25) is 4.79 Å². The summed E-state index contributed by atoms with van der Waals surface area (Å²) in [5.41, 5.74) is 6.41. The van der Waals surface area contributed by atoms with E-state index in [9.17, 15) is 4.79 Å². The van der Waals surface area contributed by atoms with Gasteiger partial charge >= 0.3 is 0 Å². The zero-order valence-electron chi connectivity index (χ0n) is 10.4. The summed E-state index contributed by atoms with van der Waals surface area (Å²) in [4.78, 5) is 16.0. The van der Waals surface area contributed by atoms with Gasteiger partial charge in [-0.15, -0.1) is 0 Å². The predicted molar refractivity (Wildman–Crippen MR) is 72.5 cm³/mol. The fourth-order valence-corrected chi connectivity index (χ4v) is 2.67. The topological polar surface area (TPSA) is 68.0 Å². The number of nitrogens with one attached hydrogen (secondary N) is 1. The van der Waals surface area contributed by atoms with Gasteiger partial charge in [-0.1, -0.05) is 24.4 Å². The molecule has 0 aromatic carbocycles. The van der Waals surface area contributed by atoms with Crippen LogP contribution in [0.3, 0.4) is 0 Å². The number of pyridine rings is 1. The average molecular weight is 268 g/mol. The molecule has 2 rings (SSSR count). The molecule has 0 aliphatic heterocycles. The number of carbonyl (C=O) groups excluding carboxylic acids is 1. The molecule has 1 aliphatic rings. The minimum Gasteiger partial charge on any atom is -0.397 e. The van der Waals surface area contributed by atoms with E-state index >= 15 is 0 Å². The van der Waals surface area contributed by atoms with Crippen LogP contribution in [0.5, 0.6) is 0 Å². The van der Waals surface area contributed by atoms with Gasteiger partial charge in [-0.25, -0.2) is 4.98 Å². The van der Waals surface area contributed by atoms with Crippen LogP contribution in [0.1, 0.15) is 43.0 Å². The van der Waals surface area contributed by atoms with E-state index in [1.54, 1.807) is 6.07 Å². The highest BCUT2D eigenvalue weighted by molar-refractivity contribution is 6.32. The molecule has 1 amide bonds. The number of hydrogen-bond donors (Lipinski definition) is 2. The minimum absolute atomic E-state index is 0.164. The van der Waals surface area contributed by atoms with Gasteiger partial charge in [-0.05, 0) is 31.7 Å². The molecule has 3 N–H and O–H groups in total. The second-order valence-corrected chi connectivity index (χ2v) is 5.27. The van der Waals surface area contributed by atoms with Crippen molar-refractivity contribution in [1.29, 1.82) is 0 Å². The fraction of sp³-hybridized carbons (Fsp3) is 0.538. The van der Waals surface area contributed by atoms with Gasteiger partial charge in [0, 0.05) is 6.04 Å². The number of nitrogen functional groups attached to an aromatic ring is 1. The molecule has 5 heteroatoms.